The highest BCUT2D eigenvalue weighted by atomic mass is 35.5. The molecule has 2 aliphatic rings. The predicted molar refractivity (Wildman–Crippen MR) is 112 cm³/mol. The summed E-state index contributed by atoms with van der Waals surface area (Å²) < 4.78 is 0. The molecule has 0 radical (unpaired) electrons. The van der Waals surface area contributed by atoms with Gasteiger partial charge < -0.3 is 14.7 Å². The first-order valence-electron chi connectivity index (χ1n) is 10.1. The molecule has 1 aromatic carbocycles. The molecule has 0 N–H and O–H groups in total. The maximum absolute atomic E-state index is 12.7. The van der Waals surface area contributed by atoms with E-state index in [-0.39, 0.29) is 5.91 Å². The van der Waals surface area contributed by atoms with Crippen molar-refractivity contribution in [2.45, 2.75) is 25.7 Å². The Hall–Kier alpha value is -2.34. The van der Waals surface area contributed by atoms with Gasteiger partial charge in [-0.15, -0.1) is 10.2 Å². The number of aromatic nitrogens is 2. The number of amides is 1. The molecule has 1 aromatic heterocycles. The lowest BCUT2D eigenvalue weighted by atomic mass is 10.2. The number of likely N-dealkylation sites (tertiary alicyclic amines) is 1. The van der Waals surface area contributed by atoms with E-state index >= 15 is 0 Å². The Labute approximate surface area is 171 Å². The van der Waals surface area contributed by atoms with Gasteiger partial charge in [0, 0.05) is 50.0 Å². The van der Waals surface area contributed by atoms with Gasteiger partial charge in [0.25, 0.3) is 5.91 Å². The number of piperazine rings is 1. The number of anilines is 2. The van der Waals surface area contributed by atoms with E-state index in [4.69, 9.17) is 11.6 Å². The number of benzene rings is 1. The highest BCUT2D eigenvalue weighted by molar-refractivity contribution is 6.30. The molecule has 28 heavy (non-hydrogen) atoms. The topological polar surface area (TPSA) is 52.6 Å². The van der Waals surface area contributed by atoms with Crippen molar-refractivity contribution in [3.8, 4) is 0 Å². The van der Waals surface area contributed by atoms with Gasteiger partial charge in [-0.1, -0.05) is 30.5 Å². The molecule has 0 saturated carbocycles. The van der Waals surface area contributed by atoms with Crippen LogP contribution >= 0.6 is 11.6 Å². The third kappa shape index (κ3) is 4.38. The molecule has 0 atom stereocenters. The van der Waals surface area contributed by atoms with E-state index in [0.29, 0.717) is 5.69 Å². The molecule has 4 rings (SSSR count). The van der Waals surface area contributed by atoms with Gasteiger partial charge in [-0.3, -0.25) is 4.79 Å². The minimum Gasteiger partial charge on any atom is -0.368 e. The van der Waals surface area contributed by atoms with Gasteiger partial charge in [-0.25, -0.2) is 0 Å². The second-order valence-electron chi connectivity index (χ2n) is 7.44. The van der Waals surface area contributed by atoms with Gasteiger partial charge >= 0.3 is 0 Å². The van der Waals surface area contributed by atoms with Gasteiger partial charge in [0.05, 0.1) is 0 Å². The van der Waals surface area contributed by atoms with Crippen LogP contribution in [0.2, 0.25) is 5.02 Å². The Morgan fingerprint density at radius 1 is 0.821 bits per heavy atom. The number of rotatable bonds is 3. The number of carbonyl (C=O) groups is 1. The van der Waals surface area contributed by atoms with Gasteiger partial charge in [0.2, 0.25) is 0 Å². The first kappa shape index (κ1) is 19.0. The molecule has 6 nitrogen and oxygen atoms in total. The molecule has 2 aliphatic heterocycles. The van der Waals surface area contributed by atoms with Crippen LogP contribution in [0.1, 0.15) is 36.2 Å². The van der Waals surface area contributed by atoms with Crippen LogP contribution in [0.5, 0.6) is 0 Å². The smallest absolute Gasteiger partial charge is 0.274 e. The van der Waals surface area contributed by atoms with Crippen LogP contribution in [-0.4, -0.2) is 60.3 Å². The molecule has 2 aromatic rings. The van der Waals surface area contributed by atoms with Gasteiger partial charge in [0.1, 0.15) is 0 Å². The average molecular weight is 400 g/mol. The normalized spacial score (nSPS) is 18.1. The molecular formula is C21H26ClN5O. The monoisotopic (exact) mass is 399 g/mol. The quantitative estimate of drug-likeness (QED) is 0.790. The lowest BCUT2D eigenvalue weighted by Crippen LogP contribution is -2.47. The molecule has 0 spiro atoms. The summed E-state index contributed by atoms with van der Waals surface area (Å²) in [7, 11) is 0. The zero-order valence-corrected chi connectivity index (χ0v) is 16.8. The van der Waals surface area contributed by atoms with E-state index in [1.54, 1.807) is 0 Å². The van der Waals surface area contributed by atoms with E-state index in [2.05, 4.69) is 26.1 Å². The number of carbonyl (C=O) groups excluding carboxylic acids is 1. The van der Waals surface area contributed by atoms with Crippen molar-refractivity contribution in [1.82, 2.24) is 15.1 Å². The first-order valence-corrected chi connectivity index (χ1v) is 10.5. The number of nitrogens with zero attached hydrogens (tertiary/aromatic N) is 5. The lowest BCUT2D eigenvalue weighted by molar-refractivity contribution is 0.0754. The molecule has 3 heterocycles. The van der Waals surface area contributed by atoms with Crippen molar-refractivity contribution >= 4 is 29.0 Å². The minimum atomic E-state index is 0.00623. The number of hydrogen-bond donors (Lipinski definition) is 0. The Morgan fingerprint density at radius 3 is 2.18 bits per heavy atom. The molecule has 1 amide bonds. The third-order valence-electron chi connectivity index (χ3n) is 5.54. The largest absolute Gasteiger partial charge is 0.368 e. The summed E-state index contributed by atoms with van der Waals surface area (Å²) in [6.07, 6.45) is 4.56. The first-order chi connectivity index (χ1) is 13.7. The third-order valence-corrected chi connectivity index (χ3v) is 5.77. The summed E-state index contributed by atoms with van der Waals surface area (Å²) in [5, 5.41) is 9.34. The second-order valence-corrected chi connectivity index (χ2v) is 7.87. The van der Waals surface area contributed by atoms with Crippen LogP contribution in [0.15, 0.2) is 36.4 Å². The highest BCUT2D eigenvalue weighted by Crippen LogP contribution is 2.22. The van der Waals surface area contributed by atoms with Crippen LogP contribution in [-0.2, 0) is 0 Å². The summed E-state index contributed by atoms with van der Waals surface area (Å²) in [5.74, 6) is 0.838. The Morgan fingerprint density at radius 2 is 1.54 bits per heavy atom. The summed E-state index contributed by atoms with van der Waals surface area (Å²) in [6, 6.07) is 11.7. The molecule has 2 fully saturated rings. The number of halogens is 1. The van der Waals surface area contributed by atoms with Gasteiger partial charge in [-0.2, -0.15) is 0 Å². The van der Waals surface area contributed by atoms with Crippen LogP contribution < -0.4 is 9.80 Å². The van der Waals surface area contributed by atoms with Crippen molar-refractivity contribution in [1.29, 1.82) is 0 Å². The van der Waals surface area contributed by atoms with Crippen LogP contribution in [0.3, 0.4) is 0 Å². The van der Waals surface area contributed by atoms with E-state index in [0.717, 1.165) is 68.6 Å². The fraction of sp³-hybridized carbons (Fsp3) is 0.476. The number of hydrogen-bond acceptors (Lipinski definition) is 5. The molecule has 0 bridgehead atoms. The molecule has 0 aliphatic carbocycles. The van der Waals surface area contributed by atoms with Crippen LogP contribution in [0.4, 0.5) is 11.5 Å². The average Bonchev–Trinajstić information content (AvgIpc) is 3.03. The van der Waals surface area contributed by atoms with Crippen molar-refractivity contribution in [3.05, 3.63) is 47.1 Å². The maximum atomic E-state index is 12.7. The lowest BCUT2D eigenvalue weighted by Gasteiger charge is -2.36. The van der Waals surface area contributed by atoms with E-state index < -0.39 is 0 Å². The standard InChI is InChI=1S/C21H26ClN5O/c22-17-6-5-7-18(16-17)25-12-14-26(15-13-25)20-9-8-19(23-24-20)21(28)27-10-3-1-2-4-11-27/h5-9,16H,1-4,10-15H2. The molecule has 2 saturated heterocycles. The van der Waals surface area contributed by atoms with Crippen molar-refractivity contribution in [2.24, 2.45) is 0 Å². The molecule has 148 valence electrons. The Kier molecular flexibility index (Phi) is 5.95. The van der Waals surface area contributed by atoms with Crippen molar-refractivity contribution < 1.29 is 4.79 Å². The second kappa shape index (κ2) is 8.78. The fourth-order valence-corrected chi connectivity index (χ4v) is 4.09. The maximum Gasteiger partial charge on any atom is 0.274 e. The Bertz CT molecular complexity index is 797. The summed E-state index contributed by atoms with van der Waals surface area (Å²) >= 11 is 6.11. The summed E-state index contributed by atoms with van der Waals surface area (Å²) in [6.45, 7) is 5.18. The summed E-state index contributed by atoms with van der Waals surface area (Å²) in [5.41, 5.74) is 1.60. The predicted octanol–water partition coefficient (Wildman–Crippen LogP) is 3.47. The fourth-order valence-electron chi connectivity index (χ4n) is 3.91. The van der Waals surface area contributed by atoms with E-state index in [1.165, 1.54) is 12.8 Å². The SMILES string of the molecule is O=C(c1ccc(N2CCN(c3cccc(Cl)c3)CC2)nn1)N1CCCCCC1. The molecule has 0 unspecified atom stereocenters. The van der Waals surface area contributed by atoms with E-state index in [9.17, 15) is 4.79 Å². The van der Waals surface area contributed by atoms with Crippen molar-refractivity contribution in [2.75, 3.05) is 49.1 Å². The van der Waals surface area contributed by atoms with Gasteiger partial charge in [-0.05, 0) is 43.2 Å². The van der Waals surface area contributed by atoms with E-state index in [1.807, 2.05) is 35.2 Å². The van der Waals surface area contributed by atoms with Crippen molar-refractivity contribution in [3.63, 3.8) is 0 Å². The van der Waals surface area contributed by atoms with Gasteiger partial charge in [0.15, 0.2) is 11.5 Å². The molecular weight excluding hydrogens is 374 g/mol. The zero-order chi connectivity index (χ0) is 19.3. The Balaban J connectivity index is 1.36. The highest BCUT2D eigenvalue weighted by Gasteiger charge is 2.21. The van der Waals surface area contributed by atoms with Crippen LogP contribution in [0.25, 0.3) is 0 Å². The zero-order valence-electron chi connectivity index (χ0n) is 16.1. The minimum absolute atomic E-state index is 0.00623. The van der Waals surface area contributed by atoms with Crippen LogP contribution in [0, 0.1) is 0 Å². The summed E-state index contributed by atoms with van der Waals surface area (Å²) in [4.78, 5) is 19.1. The molecule has 7 heteroatoms.